The minimum absolute atomic E-state index is 0.128. The number of nitrogens with zero attached hydrogens (tertiary/aromatic N) is 2. The molecule has 0 radical (unpaired) electrons. The molecule has 0 aliphatic carbocycles. The normalized spacial score (nSPS) is 10.5. The van der Waals surface area contributed by atoms with Crippen LogP contribution in [-0.2, 0) is 16.0 Å². The Kier molecular flexibility index (Phi) is 8.49. The van der Waals surface area contributed by atoms with E-state index in [1.54, 1.807) is 0 Å². The highest BCUT2D eigenvalue weighted by Crippen LogP contribution is 2.18. The van der Waals surface area contributed by atoms with Crippen molar-refractivity contribution in [1.29, 1.82) is 0 Å². The monoisotopic (exact) mass is 396 g/mol. The number of benzene rings is 1. The molecule has 26 heavy (non-hydrogen) atoms. The first-order valence-corrected chi connectivity index (χ1v) is 10.3. The molecule has 2 rings (SSSR count). The van der Waals surface area contributed by atoms with E-state index in [9.17, 15) is 14.0 Å². The molecule has 2 amide bonds. The molecule has 9 heteroatoms. The van der Waals surface area contributed by atoms with Crippen LogP contribution in [0.5, 0.6) is 0 Å². The highest BCUT2D eigenvalue weighted by molar-refractivity contribution is 8.00. The van der Waals surface area contributed by atoms with E-state index < -0.39 is 0 Å². The SMILES string of the molecule is CCCCCc1nnc(NC(=O)CSCC(=O)Nc2ccc(F)cc2)s1. The standard InChI is InChI=1S/C17H21FN4O2S2/c1-2-3-4-5-16-21-22-17(26-16)20-15(24)11-25-10-14(23)19-13-8-6-12(18)7-9-13/h6-9H,2-5,10-11H2,1H3,(H,19,23)(H,20,22,24). The van der Waals surface area contributed by atoms with E-state index in [2.05, 4.69) is 27.8 Å². The van der Waals surface area contributed by atoms with Crippen molar-refractivity contribution in [3.05, 3.63) is 35.1 Å². The van der Waals surface area contributed by atoms with Gasteiger partial charge in [0.2, 0.25) is 16.9 Å². The molecule has 1 aromatic heterocycles. The number of anilines is 2. The molecule has 140 valence electrons. The summed E-state index contributed by atoms with van der Waals surface area (Å²) >= 11 is 2.57. The van der Waals surface area contributed by atoms with E-state index in [-0.39, 0.29) is 29.1 Å². The Bertz CT molecular complexity index is 722. The van der Waals surface area contributed by atoms with Crippen LogP contribution in [0.2, 0.25) is 0 Å². The van der Waals surface area contributed by atoms with Gasteiger partial charge in [0.05, 0.1) is 11.5 Å². The lowest BCUT2D eigenvalue weighted by Crippen LogP contribution is -2.18. The second-order valence-corrected chi connectivity index (χ2v) is 7.60. The van der Waals surface area contributed by atoms with E-state index in [4.69, 9.17) is 0 Å². The number of thioether (sulfide) groups is 1. The number of hydrogen-bond donors (Lipinski definition) is 2. The number of nitrogens with one attached hydrogen (secondary N) is 2. The zero-order chi connectivity index (χ0) is 18.8. The van der Waals surface area contributed by atoms with Crippen molar-refractivity contribution in [2.24, 2.45) is 0 Å². The number of amides is 2. The van der Waals surface area contributed by atoms with Crippen LogP contribution in [0.1, 0.15) is 31.2 Å². The van der Waals surface area contributed by atoms with Crippen LogP contribution in [-0.4, -0.2) is 33.5 Å². The number of rotatable bonds is 10. The van der Waals surface area contributed by atoms with Crippen LogP contribution in [0.4, 0.5) is 15.2 Å². The van der Waals surface area contributed by atoms with E-state index in [1.165, 1.54) is 47.4 Å². The number of carbonyl (C=O) groups excluding carboxylic acids is 2. The maximum Gasteiger partial charge on any atom is 0.236 e. The fraction of sp³-hybridized carbons (Fsp3) is 0.412. The summed E-state index contributed by atoms with van der Waals surface area (Å²) in [7, 11) is 0. The minimum atomic E-state index is -0.362. The van der Waals surface area contributed by atoms with Crippen LogP contribution in [0.25, 0.3) is 0 Å². The van der Waals surface area contributed by atoms with Gasteiger partial charge in [0, 0.05) is 12.1 Å². The maximum atomic E-state index is 12.8. The van der Waals surface area contributed by atoms with Crippen LogP contribution >= 0.6 is 23.1 Å². The highest BCUT2D eigenvalue weighted by Gasteiger charge is 2.10. The summed E-state index contributed by atoms with van der Waals surface area (Å²) in [5.74, 6) is -0.561. The summed E-state index contributed by atoms with van der Waals surface area (Å²) in [5, 5.41) is 14.8. The minimum Gasteiger partial charge on any atom is -0.325 e. The average molecular weight is 397 g/mol. The molecule has 0 saturated carbocycles. The first-order chi connectivity index (χ1) is 12.6. The van der Waals surface area contributed by atoms with Gasteiger partial charge in [-0.15, -0.1) is 22.0 Å². The summed E-state index contributed by atoms with van der Waals surface area (Å²) < 4.78 is 12.8. The molecular weight excluding hydrogens is 375 g/mol. The Morgan fingerprint density at radius 3 is 2.46 bits per heavy atom. The second kappa shape index (κ2) is 10.9. The molecule has 2 N–H and O–H groups in total. The fourth-order valence-corrected chi connectivity index (χ4v) is 3.47. The average Bonchev–Trinajstić information content (AvgIpc) is 3.04. The molecule has 0 unspecified atom stereocenters. The van der Waals surface area contributed by atoms with Gasteiger partial charge in [0.25, 0.3) is 0 Å². The van der Waals surface area contributed by atoms with E-state index in [0.717, 1.165) is 30.7 Å². The zero-order valence-electron chi connectivity index (χ0n) is 14.5. The van der Waals surface area contributed by atoms with E-state index >= 15 is 0 Å². The molecule has 0 bridgehead atoms. The van der Waals surface area contributed by atoms with Crippen LogP contribution < -0.4 is 10.6 Å². The van der Waals surface area contributed by atoms with Crippen molar-refractivity contribution in [3.63, 3.8) is 0 Å². The van der Waals surface area contributed by atoms with Gasteiger partial charge in [0.15, 0.2) is 0 Å². The van der Waals surface area contributed by atoms with Crippen LogP contribution in [0.15, 0.2) is 24.3 Å². The Balaban J connectivity index is 1.65. The van der Waals surface area contributed by atoms with Gasteiger partial charge in [-0.3, -0.25) is 14.9 Å². The number of hydrogen-bond acceptors (Lipinski definition) is 6. The topological polar surface area (TPSA) is 84.0 Å². The van der Waals surface area contributed by atoms with Gasteiger partial charge < -0.3 is 5.32 Å². The molecule has 2 aromatic rings. The summed E-state index contributed by atoms with van der Waals surface area (Å²) in [4.78, 5) is 23.7. The molecule has 0 aliphatic rings. The molecule has 0 aliphatic heterocycles. The van der Waals surface area contributed by atoms with Crippen molar-refractivity contribution in [2.45, 2.75) is 32.6 Å². The van der Waals surface area contributed by atoms with Crippen molar-refractivity contribution >= 4 is 45.7 Å². The van der Waals surface area contributed by atoms with Gasteiger partial charge in [-0.1, -0.05) is 31.1 Å². The van der Waals surface area contributed by atoms with Crippen molar-refractivity contribution in [3.8, 4) is 0 Å². The summed E-state index contributed by atoms with van der Waals surface area (Å²) in [5.41, 5.74) is 0.519. The molecule has 0 saturated heterocycles. The van der Waals surface area contributed by atoms with Crippen molar-refractivity contribution in [2.75, 3.05) is 22.1 Å². The molecule has 0 atom stereocenters. The first kappa shape index (κ1) is 20.3. The number of carbonyl (C=O) groups is 2. The van der Waals surface area contributed by atoms with Gasteiger partial charge in [-0.05, 0) is 30.7 Å². The predicted octanol–water partition coefficient (Wildman–Crippen LogP) is 3.72. The van der Waals surface area contributed by atoms with Gasteiger partial charge in [-0.2, -0.15) is 0 Å². The lowest BCUT2D eigenvalue weighted by atomic mass is 10.2. The largest absolute Gasteiger partial charge is 0.325 e. The number of aryl methyl sites for hydroxylation is 1. The summed E-state index contributed by atoms with van der Waals surface area (Å²) in [6.07, 6.45) is 4.24. The second-order valence-electron chi connectivity index (χ2n) is 5.55. The number of unbranched alkanes of at least 4 members (excludes halogenated alkanes) is 2. The molecule has 1 heterocycles. The molecule has 0 spiro atoms. The summed E-state index contributed by atoms with van der Waals surface area (Å²) in [6, 6.07) is 5.51. The maximum absolute atomic E-state index is 12.8. The van der Waals surface area contributed by atoms with Crippen molar-refractivity contribution in [1.82, 2.24) is 10.2 Å². The van der Waals surface area contributed by atoms with Gasteiger partial charge in [-0.25, -0.2) is 4.39 Å². The third-order valence-corrected chi connectivity index (χ3v) is 5.13. The first-order valence-electron chi connectivity index (χ1n) is 8.32. The van der Waals surface area contributed by atoms with Crippen LogP contribution in [0, 0.1) is 5.82 Å². The number of halogens is 1. The Morgan fingerprint density at radius 2 is 1.77 bits per heavy atom. The van der Waals surface area contributed by atoms with Gasteiger partial charge >= 0.3 is 0 Å². The van der Waals surface area contributed by atoms with Crippen LogP contribution in [0.3, 0.4) is 0 Å². The predicted molar refractivity (Wildman–Crippen MR) is 104 cm³/mol. The van der Waals surface area contributed by atoms with Gasteiger partial charge in [0.1, 0.15) is 10.8 Å². The Hall–Kier alpha value is -2.00. The van der Waals surface area contributed by atoms with E-state index in [1.807, 2.05) is 0 Å². The Morgan fingerprint density at radius 1 is 1.08 bits per heavy atom. The zero-order valence-corrected chi connectivity index (χ0v) is 16.1. The third-order valence-electron chi connectivity index (χ3n) is 3.30. The number of aromatic nitrogens is 2. The summed E-state index contributed by atoms with van der Waals surface area (Å²) in [6.45, 7) is 2.14. The van der Waals surface area contributed by atoms with Crippen molar-refractivity contribution < 1.29 is 14.0 Å². The lowest BCUT2D eigenvalue weighted by molar-refractivity contribution is -0.114. The molecule has 0 fully saturated rings. The fourth-order valence-electron chi connectivity index (χ4n) is 2.05. The molecule has 1 aromatic carbocycles. The quantitative estimate of drug-likeness (QED) is 0.598. The smallest absolute Gasteiger partial charge is 0.236 e. The Labute approximate surface area is 160 Å². The molecular formula is C17H21FN4O2S2. The van der Waals surface area contributed by atoms with E-state index in [0.29, 0.717) is 10.8 Å². The third kappa shape index (κ3) is 7.49. The highest BCUT2D eigenvalue weighted by atomic mass is 32.2. The lowest BCUT2D eigenvalue weighted by Gasteiger charge is -2.05. The molecule has 6 nitrogen and oxygen atoms in total.